The molecule has 1 N–H and O–H groups in total. The molecule has 0 aliphatic heterocycles. The van der Waals surface area contributed by atoms with Crippen LogP contribution >= 0.6 is 0 Å². The van der Waals surface area contributed by atoms with Gasteiger partial charge in [-0.3, -0.25) is 0 Å². The monoisotopic (exact) mass is 225 g/mol. The van der Waals surface area contributed by atoms with Gasteiger partial charge in [0.25, 0.3) is 0 Å². The molecule has 0 amide bonds. The van der Waals surface area contributed by atoms with Gasteiger partial charge >= 0.3 is 0 Å². The number of hydrogen-bond acceptors (Lipinski definition) is 1. The highest BCUT2D eigenvalue weighted by Gasteiger charge is 2.50. The highest BCUT2D eigenvalue weighted by Crippen LogP contribution is 2.57. The Morgan fingerprint density at radius 1 is 1.38 bits per heavy atom. The van der Waals surface area contributed by atoms with E-state index in [4.69, 9.17) is 0 Å². The minimum Gasteiger partial charge on any atom is -0.313 e. The van der Waals surface area contributed by atoms with Crippen molar-refractivity contribution >= 4 is 0 Å². The topological polar surface area (TPSA) is 12.0 Å². The van der Waals surface area contributed by atoms with Gasteiger partial charge in [-0.1, -0.05) is 19.9 Å². The fraction of sp³-hybridized carbons (Fsp3) is 0.538. The lowest BCUT2D eigenvalue weighted by molar-refractivity contribution is 0.424. The van der Waals surface area contributed by atoms with Gasteiger partial charge < -0.3 is 5.32 Å². The van der Waals surface area contributed by atoms with Crippen LogP contribution in [0.1, 0.15) is 31.9 Å². The Morgan fingerprint density at radius 3 is 2.44 bits per heavy atom. The largest absolute Gasteiger partial charge is 0.313 e. The predicted molar refractivity (Wildman–Crippen MR) is 60.0 cm³/mol. The van der Waals surface area contributed by atoms with Crippen molar-refractivity contribution < 1.29 is 8.78 Å². The molecule has 0 radical (unpaired) electrons. The molecule has 0 heterocycles. The van der Waals surface area contributed by atoms with Crippen LogP contribution in [0.4, 0.5) is 8.78 Å². The third kappa shape index (κ3) is 1.96. The zero-order valence-electron chi connectivity index (χ0n) is 9.85. The van der Waals surface area contributed by atoms with Crippen molar-refractivity contribution in [3.63, 3.8) is 0 Å². The molecule has 2 unspecified atom stereocenters. The summed E-state index contributed by atoms with van der Waals surface area (Å²) in [5.41, 5.74) is 0.827. The van der Waals surface area contributed by atoms with Crippen LogP contribution in [0.2, 0.25) is 0 Å². The molecular weight excluding hydrogens is 208 g/mol. The summed E-state index contributed by atoms with van der Waals surface area (Å²) >= 11 is 0. The van der Waals surface area contributed by atoms with Gasteiger partial charge in [0.1, 0.15) is 11.6 Å². The summed E-state index contributed by atoms with van der Waals surface area (Å²) < 4.78 is 26.5. The van der Waals surface area contributed by atoms with E-state index >= 15 is 0 Å². The molecule has 2 rings (SSSR count). The number of nitrogens with one attached hydrogen (secondary N) is 1. The maximum absolute atomic E-state index is 13.6. The Morgan fingerprint density at radius 2 is 2.00 bits per heavy atom. The molecule has 3 heteroatoms. The van der Waals surface area contributed by atoms with Crippen LogP contribution in [0.25, 0.3) is 0 Å². The maximum Gasteiger partial charge on any atom is 0.130 e. The zero-order chi connectivity index (χ0) is 11.9. The molecule has 1 nitrogen and oxygen atoms in total. The number of rotatable bonds is 3. The van der Waals surface area contributed by atoms with E-state index in [1.807, 2.05) is 7.05 Å². The number of benzene rings is 1. The lowest BCUT2D eigenvalue weighted by Crippen LogP contribution is -2.21. The lowest BCUT2D eigenvalue weighted by atomic mass is 9.97. The van der Waals surface area contributed by atoms with E-state index < -0.39 is 11.6 Å². The predicted octanol–water partition coefficient (Wildman–Crippen LogP) is 3.27. The smallest absolute Gasteiger partial charge is 0.130 e. The van der Waals surface area contributed by atoms with Crippen LogP contribution in [0.3, 0.4) is 0 Å². The average molecular weight is 225 g/mol. The molecule has 1 aromatic rings. The normalized spacial score (nSPS) is 24.2. The van der Waals surface area contributed by atoms with E-state index in [0.717, 1.165) is 12.5 Å². The average Bonchev–Trinajstić information content (AvgIpc) is 2.80. The molecule has 1 aliphatic rings. The molecule has 1 aliphatic carbocycles. The third-order valence-corrected chi connectivity index (χ3v) is 3.60. The van der Waals surface area contributed by atoms with Crippen LogP contribution < -0.4 is 5.32 Å². The Balaban J connectivity index is 2.28. The fourth-order valence-electron chi connectivity index (χ4n) is 2.40. The van der Waals surface area contributed by atoms with Crippen molar-refractivity contribution in [2.24, 2.45) is 11.3 Å². The van der Waals surface area contributed by atoms with Crippen LogP contribution in [0, 0.1) is 23.0 Å². The second-order valence-electron chi connectivity index (χ2n) is 5.23. The van der Waals surface area contributed by atoms with Crippen LogP contribution in [-0.4, -0.2) is 7.05 Å². The summed E-state index contributed by atoms with van der Waals surface area (Å²) in [6, 6.07) is 3.79. The van der Waals surface area contributed by atoms with Crippen molar-refractivity contribution in [1.29, 1.82) is 0 Å². The van der Waals surface area contributed by atoms with E-state index in [-0.39, 0.29) is 11.5 Å². The van der Waals surface area contributed by atoms with Gasteiger partial charge in [0, 0.05) is 17.7 Å². The van der Waals surface area contributed by atoms with Gasteiger partial charge in [-0.15, -0.1) is 0 Å². The molecule has 0 aromatic heterocycles. The lowest BCUT2D eigenvalue weighted by Gasteiger charge is -2.19. The minimum atomic E-state index is -0.522. The van der Waals surface area contributed by atoms with Gasteiger partial charge in [-0.2, -0.15) is 0 Å². The second kappa shape index (κ2) is 3.81. The van der Waals surface area contributed by atoms with E-state index in [9.17, 15) is 8.78 Å². The molecule has 0 saturated heterocycles. The first kappa shape index (κ1) is 11.5. The Hall–Kier alpha value is -0.960. The summed E-state index contributed by atoms with van der Waals surface area (Å²) in [7, 11) is 1.82. The summed E-state index contributed by atoms with van der Waals surface area (Å²) in [5.74, 6) is -0.550. The minimum absolute atomic E-state index is 0.0180. The van der Waals surface area contributed by atoms with Crippen molar-refractivity contribution in [2.75, 3.05) is 7.05 Å². The number of halogens is 2. The summed E-state index contributed by atoms with van der Waals surface area (Å²) in [4.78, 5) is 0. The third-order valence-electron chi connectivity index (χ3n) is 3.60. The van der Waals surface area contributed by atoms with Crippen molar-refractivity contribution in [1.82, 2.24) is 5.32 Å². The van der Waals surface area contributed by atoms with E-state index in [2.05, 4.69) is 19.2 Å². The quantitative estimate of drug-likeness (QED) is 0.832. The van der Waals surface area contributed by atoms with Crippen molar-refractivity contribution in [2.45, 2.75) is 26.3 Å². The number of hydrogen-bond donors (Lipinski definition) is 1. The fourth-order valence-corrected chi connectivity index (χ4v) is 2.40. The van der Waals surface area contributed by atoms with E-state index in [1.54, 1.807) is 6.07 Å². The second-order valence-corrected chi connectivity index (χ2v) is 5.23. The molecule has 1 saturated carbocycles. The van der Waals surface area contributed by atoms with Crippen LogP contribution in [0.15, 0.2) is 18.2 Å². The zero-order valence-corrected chi connectivity index (χ0v) is 9.85. The first-order valence-electron chi connectivity index (χ1n) is 5.58. The van der Waals surface area contributed by atoms with Gasteiger partial charge in [-0.25, -0.2) is 8.78 Å². The van der Waals surface area contributed by atoms with Gasteiger partial charge in [0.05, 0.1) is 0 Å². The Labute approximate surface area is 94.9 Å². The SMILES string of the molecule is CNC(c1ccc(F)cc1F)C1CC1(C)C. The summed E-state index contributed by atoms with van der Waals surface area (Å²) in [6.45, 7) is 4.34. The molecule has 2 atom stereocenters. The molecule has 0 bridgehead atoms. The van der Waals surface area contributed by atoms with Crippen LogP contribution in [0.5, 0.6) is 0 Å². The summed E-state index contributed by atoms with van der Waals surface area (Å²) in [6.07, 6.45) is 1.08. The first-order chi connectivity index (χ1) is 7.45. The summed E-state index contributed by atoms with van der Waals surface area (Å²) in [5, 5.41) is 3.13. The van der Waals surface area contributed by atoms with E-state index in [0.29, 0.717) is 11.5 Å². The van der Waals surface area contributed by atoms with Crippen molar-refractivity contribution in [3.8, 4) is 0 Å². The molecule has 0 spiro atoms. The molecule has 1 aromatic carbocycles. The highest BCUT2D eigenvalue weighted by molar-refractivity contribution is 5.25. The standard InChI is InChI=1S/C13H17F2N/c1-13(2)7-10(13)12(16-3)9-5-4-8(14)6-11(9)15/h4-6,10,12,16H,7H2,1-3H3. The van der Waals surface area contributed by atoms with Gasteiger partial charge in [0.15, 0.2) is 0 Å². The van der Waals surface area contributed by atoms with Gasteiger partial charge in [-0.05, 0) is 30.9 Å². The van der Waals surface area contributed by atoms with E-state index in [1.165, 1.54) is 6.07 Å². The van der Waals surface area contributed by atoms with Gasteiger partial charge in [0.2, 0.25) is 0 Å². The Bertz CT molecular complexity index is 401. The van der Waals surface area contributed by atoms with Crippen LogP contribution in [-0.2, 0) is 0 Å². The molecular formula is C13H17F2N. The van der Waals surface area contributed by atoms with Crippen molar-refractivity contribution in [3.05, 3.63) is 35.4 Å². The Kier molecular flexibility index (Phi) is 2.74. The highest BCUT2D eigenvalue weighted by atomic mass is 19.1. The molecule has 16 heavy (non-hydrogen) atoms. The molecule has 1 fully saturated rings. The maximum atomic E-state index is 13.6. The first-order valence-corrected chi connectivity index (χ1v) is 5.58. The molecule has 88 valence electrons.